The summed E-state index contributed by atoms with van der Waals surface area (Å²) in [5.74, 6) is 0.338. The number of nitrogens with one attached hydrogen (secondary N) is 1. The number of aromatic nitrogens is 2. The van der Waals surface area contributed by atoms with Crippen LogP contribution in [0.5, 0.6) is 0 Å². The summed E-state index contributed by atoms with van der Waals surface area (Å²) in [6.45, 7) is 0.786. The first kappa shape index (κ1) is 16.1. The van der Waals surface area contributed by atoms with Crippen molar-refractivity contribution in [2.24, 2.45) is 5.92 Å². The number of nitrogens with zero attached hydrogens (tertiary/aromatic N) is 2. The number of aryl methyl sites for hydroxylation is 2. The third-order valence-corrected chi connectivity index (χ3v) is 4.84. The molecular weight excluding hydrogens is 310 g/mol. The van der Waals surface area contributed by atoms with Gasteiger partial charge in [-0.15, -0.1) is 0 Å². The zero-order chi connectivity index (χ0) is 16.2. The molecule has 5 heteroatoms. The van der Waals surface area contributed by atoms with Crippen LogP contribution in [0.1, 0.15) is 29.8 Å². The second-order valence-corrected chi connectivity index (χ2v) is 6.69. The second-order valence-electron chi connectivity index (χ2n) is 6.26. The predicted molar refractivity (Wildman–Crippen MR) is 91.5 cm³/mol. The number of halogens is 1. The van der Waals surface area contributed by atoms with Crippen LogP contribution in [0.3, 0.4) is 0 Å². The van der Waals surface area contributed by atoms with Gasteiger partial charge in [-0.3, -0.25) is 4.79 Å². The minimum absolute atomic E-state index is 0.0866. The van der Waals surface area contributed by atoms with E-state index in [9.17, 15) is 4.79 Å². The van der Waals surface area contributed by atoms with Crippen molar-refractivity contribution in [1.29, 1.82) is 0 Å². The SMILES string of the molecule is CN(CCCc1ccc(Cl)cc1)C(=O)C1CCc2nc[nH]c2C1. The van der Waals surface area contributed by atoms with Gasteiger partial charge in [0.25, 0.3) is 0 Å². The number of fused-ring (bicyclic) bond motifs is 1. The highest BCUT2D eigenvalue weighted by atomic mass is 35.5. The average Bonchev–Trinajstić information content (AvgIpc) is 3.03. The molecular formula is C18H22ClN3O. The zero-order valence-electron chi connectivity index (χ0n) is 13.4. The Bertz CT molecular complexity index is 665. The molecule has 0 spiro atoms. The number of hydrogen-bond acceptors (Lipinski definition) is 2. The molecule has 0 aliphatic heterocycles. The van der Waals surface area contributed by atoms with Crippen molar-refractivity contribution >= 4 is 17.5 Å². The van der Waals surface area contributed by atoms with Crippen molar-refractivity contribution in [1.82, 2.24) is 14.9 Å². The van der Waals surface area contributed by atoms with Gasteiger partial charge in [0.15, 0.2) is 0 Å². The van der Waals surface area contributed by atoms with E-state index in [0.29, 0.717) is 0 Å². The molecule has 1 aliphatic carbocycles. The van der Waals surface area contributed by atoms with Crippen molar-refractivity contribution in [3.05, 3.63) is 52.6 Å². The van der Waals surface area contributed by atoms with Gasteiger partial charge in [0.1, 0.15) is 0 Å². The lowest BCUT2D eigenvalue weighted by Gasteiger charge is -2.26. The highest BCUT2D eigenvalue weighted by molar-refractivity contribution is 6.30. The molecule has 1 aromatic heterocycles. The number of aromatic amines is 1. The van der Waals surface area contributed by atoms with E-state index >= 15 is 0 Å². The predicted octanol–water partition coefficient (Wildman–Crippen LogP) is 3.26. The van der Waals surface area contributed by atoms with Crippen molar-refractivity contribution in [3.63, 3.8) is 0 Å². The van der Waals surface area contributed by atoms with Gasteiger partial charge in [-0.2, -0.15) is 0 Å². The quantitative estimate of drug-likeness (QED) is 0.914. The topological polar surface area (TPSA) is 49.0 Å². The third-order valence-electron chi connectivity index (χ3n) is 4.59. The molecule has 0 radical (unpaired) electrons. The Morgan fingerprint density at radius 2 is 2.17 bits per heavy atom. The molecule has 1 aliphatic rings. The number of benzene rings is 1. The van der Waals surface area contributed by atoms with E-state index < -0.39 is 0 Å². The Kier molecular flexibility index (Phi) is 5.01. The van der Waals surface area contributed by atoms with Crippen LogP contribution < -0.4 is 0 Å². The van der Waals surface area contributed by atoms with E-state index in [0.717, 1.165) is 55.1 Å². The smallest absolute Gasteiger partial charge is 0.225 e. The lowest BCUT2D eigenvalue weighted by atomic mass is 9.89. The van der Waals surface area contributed by atoms with E-state index in [-0.39, 0.29) is 11.8 Å². The van der Waals surface area contributed by atoms with Crippen molar-refractivity contribution in [2.75, 3.05) is 13.6 Å². The lowest BCUT2D eigenvalue weighted by Crippen LogP contribution is -2.36. The van der Waals surface area contributed by atoms with E-state index in [1.807, 2.05) is 36.2 Å². The Hall–Kier alpha value is -1.81. The Morgan fingerprint density at radius 3 is 2.96 bits per heavy atom. The van der Waals surface area contributed by atoms with Gasteiger partial charge < -0.3 is 9.88 Å². The molecule has 1 atom stereocenters. The summed E-state index contributed by atoms with van der Waals surface area (Å²) < 4.78 is 0. The summed E-state index contributed by atoms with van der Waals surface area (Å²) >= 11 is 5.89. The van der Waals surface area contributed by atoms with Crippen LogP contribution in [0, 0.1) is 5.92 Å². The van der Waals surface area contributed by atoms with Crippen molar-refractivity contribution < 1.29 is 4.79 Å². The summed E-state index contributed by atoms with van der Waals surface area (Å²) in [5, 5.41) is 0.761. The number of H-pyrrole nitrogens is 1. The molecule has 1 heterocycles. The van der Waals surface area contributed by atoms with Crippen LogP contribution in [0.4, 0.5) is 0 Å². The first-order chi connectivity index (χ1) is 11.1. The second kappa shape index (κ2) is 7.18. The molecule has 0 saturated carbocycles. The van der Waals surface area contributed by atoms with Crippen LogP contribution in [0.25, 0.3) is 0 Å². The average molecular weight is 332 g/mol. The van der Waals surface area contributed by atoms with Gasteiger partial charge in [0.05, 0.1) is 12.0 Å². The molecule has 23 heavy (non-hydrogen) atoms. The third kappa shape index (κ3) is 3.94. The number of rotatable bonds is 5. The number of imidazole rings is 1. The van der Waals surface area contributed by atoms with Gasteiger partial charge in [0, 0.05) is 36.6 Å². The Balaban J connectivity index is 1.47. The van der Waals surface area contributed by atoms with Crippen molar-refractivity contribution in [2.45, 2.75) is 32.1 Å². The van der Waals surface area contributed by atoms with Crippen LogP contribution in [-0.2, 0) is 24.1 Å². The zero-order valence-corrected chi connectivity index (χ0v) is 14.1. The maximum atomic E-state index is 12.6. The minimum atomic E-state index is 0.0866. The van der Waals surface area contributed by atoms with Gasteiger partial charge >= 0.3 is 0 Å². The first-order valence-electron chi connectivity index (χ1n) is 8.14. The minimum Gasteiger partial charge on any atom is -0.348 e. The standard InChI is InChI=1S/C18H22ClN3O/c1-22(10-2-3-13-4-7-15(19)8-5-13)18(23)14-6-9-16-17(11-14)21-12-20-16/h4-5,7-8,12,14H,2-3,6,9-11H2,1H3,(H,20,21). The van der Waals surface area contributed by atoms with E-state index in [4.69, 9.17) is 11.6 Å². The summed E-state index contributed by atoms with van der Waals surface area (Å²) in [6, 6.07) is 7.92. The summed E-state index contributed by atoms with van der Waals surface area (Å²) in [6.07, 6.45) is 6.24. The number of hydrogen-bond donors (Lipinski definition) is 1. The van der Waals surface area contributed by atoms with Gasteiger partial charge in [-0.05, 0) is 43.4 Å². The largest absolute Gasteiger partial charge is 0.348 e. The normalized spacial score (nSPS) is 16.9. The highest BCUT2D eigenvalue weighted by Gasteiger charge is 2.27. The molecule has 0 saturated heterocycles. The molecule has 0 bridgehead atoms. The number of carbonyl (C=O) groups excluding carboxylic acids is 1. The Morgan fingerprint density at radius 1 is 1.39 bits per heavy atom. The van der Waals surface area contributed by atoms with Crippen LogP contribution >= 0.6 is 11.6 Å². The fourth-order valence-electron chi connectivity index (χ4n) is 3.21. The van der Waals surface area contributed by atoms with Gasteiger partial charge in [-0.25, -0.2) is 4.98 Å². The highest BCUT2D eigenvalue weighted by Crippen LogP contribution is 2.24. The molecule has 2 aromatic rings. The molecule has 4 nitrogen and oxygen atoms in total. The molecule has 1 amide bonds. The van der Waals surface area contributed by atoms with Crippen LogP contribution in [0.2, 0.25) is 5.02 Å². The van der Waals surface area contributed by atoms with Crippen LogP contribution in [-0.4, -0.2) is 34.4 Å². The molecule has 1 aromatic carbocycles. The van der Waals surface area contributed by atoms with E-state index in [2.05, 4.69) is 9.97 Å². The molecule has 1 unspecified atom stereocenters. The van der Waals surface area contributed by atoms with E-state index in [1.165, 1.54) is 5.56 Å². The van der Waals surface area contributed by atoms with Crippen molar-refractivity contribution in [3.8, 4) is 0 Å². The van der Waals surface area contributed by atoms with Gasteiger partial charge in [-0.1, -0.05) is 23.7 Å². The van der Waals surface area contributed by atoms with E-state index in [1.54, 1.807) is 6.33 Å². The van der Waals surface area contributed by atoms with Gasteiger partial charge in [0.2, 0.25) is 5.91 Å². The fourth-order valence-corrected chi connectivity index (χ4v) is 3.33. The number of amides is 1. The number of carbonyl (C=O) groups is 1. The molecule has 1 N–H and O–H groups in total. The van der Waals surface area contributed by atoms with Crippen LogP contribution in [0.15, 0.2) is 30.6 Å². The summed E-state index contributed by atoms with van der Waals surface area (Å²) in [4.78, 5) is 21.9. The Labute approximate surface area is 141 Å². The maximum Gasteiger partial charge on any atom is 0.225 e. The maximum absolute atomic E-state index is 12.6. The summed E-state index contributed by atoms with van der Waals surface area (Å²) in [7, 11) is 1.91. The lowest BCUT2D eigenvalue weighted by molar-refractivity contribution is -0.134. The summed E-state index contributed by atoms with van der Waals surface area (Å²) in [5.41, 5.74) is 3.51. The molecule has 0 fully saturated rings. The molecule has 3 rings (SSSR count). The molecule has 122 valence electrons. The first-order valence-corrected chi connectivity index (χ1v) is 8.52. The monoisotopic (exact) mass is 331 g/mol. The fraction of sp³-hybridized carbons (Fsp3) is 0.444.